The van der Waals surface area contributed by atoms with Crippen LogP contribution in [0.5, 0.6) is 5.88 Å². The number of carbonyl (C=O) groups excluding carboxylic acids is 1. The number of ether oxygens (including phenoxy) is 1. The number of hydrogen-bond acceptors (Lipinski definition) is 3. The molecule has 1 heterocycles. The van der Waals surface area contributed by atoms with Gasteiger partial charge in [0.15, 0.2) is 6.29 Å². The number of methoxy groups -OCH3 is 1. The van der Waals surface area contributed by atoms with Gasteiger partial charge in [-0.1, -0.05) is 0 Å². The molecule has 1 aromatic heterocycles. The Balaban J connectivity index is 3.25. The van der Waals surface area contributed by atoms with Gasteiger partial charge in [0.2, 0.25) is 5.88 Å². The first-order chi connectivity index (χ1) is 5.74. The van der Waals surface area contributed by atoms with Crippen LogP contribution in [0, 0.1) is 6.92 Å². The third kappa shape index (κ3) is 1.20. The van der Waals surface area contributed by atoms with Gasteiger partial charge in [-0.25, -0.2) is 4.68 Å². The second kappa shape index (κ2) is 3.38. The van der Waals surface area contributed by atoms with Crippen LogP contribution < -0.4 is 4.74 Å². The molecule has 0 bridgehead atoms. The maximum Gasteiger partial charge on any atom is 0.222 e. The van der Waals surface area contributed by atoms with E-state index in [0.29, 0.717) is 23.7 Å². The molecule has 0 radical (unpaired) electrons. The van der Waals surface area contributed by atoms with Gasteiger partial charge in [0.05, 0.1) is 18.4 Å². The molecular formula is C8H12N2O2. The molecule has 4 nitrogen and oxygen atoms in total. The van der Waals surface area contributed by atoms with Crippen LogP contribution >= 0.6 is 0 Å². The lowest BCUT2D eigenvalue weighted by atomic mass is 10.3. The Kier molecular flexibility index (Phi) is 2.47. The zero-order valence-electron chi connectivity index (χ0n) is 7.50. The van der Waals surface area contributed by atoms with Gasteiger partial charge in [-0.15, -0.1) is 0 Å². The highest BCUT2D eigenvalue weighted by molar-refractivity contribution is 5.80. The van der Waals surface area contributed by atoms with Crippen molar-refractivity contribution in [2.75, 3.05) is 7.11 Å². The fourth-order valence-corrected chi connectivity index (χ4v) is 1.14. The number of carbonyl (C=O) groups is 1. The van der Waals surface area contributed by atoms with E-state index in [1.54, 1.807) is 11.6 Å². The highest BCUT2D eigenvalue weighted by atomic mass is 16.5. The summed E-state index contributed by atoms with van der Waals surface area (Å²) in [4.78, 5) is 10.6. The van der Waals surface area contributed by atoms with Gasteiger partial charge in [-0.05, 0) is 13.8 Å². The lowest BCUT2D eigenvalue weighted by molar-refractivity contribution is 0.111. The second-order valence-corrected chi connectivity index (χ2v) is 2.44. The van der Waals surface area contributed by atoms with E-state index >= 15 is 0 Å². The third-order valence-corrected chi connectivity index (χ3v) is 1.74. The lowest BCUT2D eigenvalue weighted by Gasteiger charge is -2.01. The van der Waals surface area contributed by atoms with E-state index in [9.17, 15) is 4.79 Å². The van der Waals surface area contributed by atoms with Gasteiger partial charge in [-0.3, -0.25) is 4.79 Å². The average Bonchev–Trinajstić information content (AvgIpc) is 2.40. The predicted octanol–water partition coefficient (Wildman–Crippen LogP) is 1.03. The number of rotatable bonds is 3. The summed E-state index contributed by atoms with van der Waals surface area (Å²) in [5, 5.41) is 4.13. The highest BCUT2D eigenvalue weighted by Crippen LogP contribution is 2.19. The molecule has 66 valence electrons. The summed E-state index contributed by atoms with van der Waals surface area (Å²) < 4.78 is 6.71. The van der Waals surface area contributed by atoms with Gasteiger partial charge < -0.3 is 4.74 Å². The molecule has 0 N–H and O–H groups in total. The van der Waals surface area contributed by atoms with Crippen LogP contribution in [0.25, 0.3) is 0 Å². The van der Waals surface area contributed by atoms with Crippen LogP contribution in [-0.2, 0) is 6.54 Å². The maximum atomic E-state index is 10.6. The first-order valence-corrected chi connectivity index (χ1v) is 3.81. The molecule has 0 aromatic carbocycles. The standard InChI is InChI=1S/C8H12N2O2/c1-4-10-8(12-3)7(5-11)6(2)9-10/h5H,4H2,1-3H3. The molecule has 0 saturated heterocycles. The van der Waals surface area contributed by atoms with Crippen LogP contribution in [0.1, 0.15) is 23.0 Å². The summed E-state index contributed by atoms with van der Waals surface area (Å²) in [5.74, 6) is 0.546. The Labute approximate surface area is 71.1 Å². The van der Waals surface area contributed by atoms with E-state index in [1.165, 1.54) is 7.11 Å². The predicted molar refractivity (Wildman–Crippen MR) is 44.6 cm³/mol. The Bertz CT molecular complexity index is 291. The Morgan fingerprint density at radius 3 is 2.75 bits per heavy atom. The summed E-state index contributed by atoms with van der Waals surface area (Å²) in [7, 11) is 1.54. The smallest absolute Gasteiger partial charge is 0.222 e. The lowest BCUT2D eigenvalue weighted by Crippen LogP contribution is -2.00. The zero-order chi connectivity index (χ0) is 9.14. The van der Waals surface area contributed by atoms with E-state index in [-0.39, 0.29) is 0 Å². The number of hydrogen-bond donors (Lipinski definition) is 0. The minimum atomic E-state index is 0.541. The molecule has 0 fully saturated rings. The first kappa shape index (κ1) is 8.77. The molecule has 0 aliphatic heterocycles. The van der Waals surface area contributed by atoms with Crippen molar-refractivity contribution in [3.63, 3.8) is 0 Å². The van der Waals surface area contributed by atoms with Crippen molar-refractivity contribution in [2.45, 2.75) is 20.4 Å². The van der Waals surface area contributed by atoms with Gasteiger partial charge in [0.1, 0.15) is 0 Å². The van der Waals surface area contributed by atoms with Crippen molar-refractivity contribution < 1.29 is 9.53 Å². The number of aryl methyl sites for hydroxylation is 2. The van der Waals surface area contributed by atoms with E-state index < -0.39 is 0 Å². The molecule has 0 unspecified atom stereocenters. The minimum absolute atomic E-state index is 0.541. The summed E-state index contributed by atoms with van der Waals surface area (Å²) in [5.41, 5.74) is 1.25. The Morgan fingerprint density at radius 1 is 1.67 bits per heavy atom. The number of aromatic nitrogens is 2. The quantitative estimate of drug-likeness (QED) is 0.633. The molecule has 0 atom stereocenters. The van der Waals surface area contributed by atoms with Gasteiger partial charge in [-0.2, -0.15) is 5.10 Å². The van der Waals surface area contributed by atoms with Crippen LogP contribution in [0.3, 0.4) is 0 Å². The largest absolute Gasteiger partial charge is 0.481 e. The number of aldehydes is 1. The molecule has 0 aliphatic carbocycles. The van der Waals surface area contributed by atoms with Crippen molar-refractivity contribution in [1.29, 1.82) is 0 Å². The normalized spacial score (nSPS) is 9.92. The number of nitrogens with zero attached hydrogens (tertiary/aromatic N) is 2. The Hall–Kier alpha value is -1.32. The van der Waals surface area contributed by atoms with E-state index in [0.717, 1.165) is 6.29 Å². The van der Waals surface area contributed by atoms with Gasteiger partial charge in [0.25, 0.3) is 0 Å². The molecule has 1 rings (SSSR count). The van der Waals surface area contributed by atoms with Crippen LogP contribution in [0.4, 0.5) is 0 Å². The second-order valence-electron chi connectivity index (χ2n) is 2.44. The van der Waals surface area contributed by atoms with Crippen molar-refractivity contribution in [1.82, 2.24) is 9.78 Å². The van der Waals surface area contributed by atoms with Crippen LogP contribution in [0.2, 0.25) is 0 Å². The van der Waals surface area contributed by atoms with Gasteiger partial charge >= 0.3 is 0 Å². The topological polar surface area (TPSA) is 44.1 Å². The SMILES string of the molecule is CCn1nc(C)c(C=O)c1OC. The summed E-state index contributed by atoms with van der Waals surface area (Å²) in [6.07, 6.45) is 0.771. The van der Waals surface area contributed by atoms with E-state index in [4.69, 9.17) is 4.74 Å². The van der Waals surface area contributed by atoms with Gasteiger partial charge in [0, 0.05) is 6.54 Å². The van der Waals surface area contributed by atoms with Crippen molar-refractivity contribution >= 4 is 6.29 Å². The van der Waals surface area contributed by atoms with Crippen molar-refractivity contribution in [3.05, 3.63) is 11.3 Å². The molecule has 1 aromatic rings. The van der Waals surface area contributed by atoms with Crippen LogP contribution in [0.15, 0.2) is 0 Å². The zero-order valence-corrected chi connectivity index (χ0v) is 7.50. The van der Waals surface area contributed by atoms with Crippen molar-refractivity contribution in [3.8, 4) is 5.88 Å². The molecule has 0 aliphatic rings. The molecule has 0 spiro atoms. The molecular weight excluding hydrogens is 156 g/mol. The average molecular weight is 168 g/mol. The monoisotopic (exact) mass is 168 g/mol. The molecule has 0 saturated carbocycles. The van der Waals surface area contributed by atoms with E-state index in [2.05, 4.69) is 5.10 Å². The molecule has 12 heavy (non-hydrogen) atoms. The minimum Gasteiger partial charge on any atom is -0.481 e. The Morgan fingerprint density at radius 2 is 2.33 bits per heavy atom. The molecule has 0 amide bonds. The highest BCUT2D eigenvalue weighted by Gasteiger charge is 2.13. The fourth-order valence-electron chi connectivity index (χ4n) is 1.14. The summed E-state index contributed by atoms with van der Waals surface area (Å²) in [6, 6.07) is 0. The fraction of sp³-hybridized carbons (Fsp3) is 0.500. The third-order valence-electron chi connectivity index (χ3n) is 1.74. The summed E-state index contributed by atoms with van der Waals surface area (Å²) in [6.45, 7) is 4.44. The van der Waals surface area contributed by atoms with Crippen molar-refractivity contribution in [2.24, 2.45) is 0 Å². The summed E-state index contributed by atoms with van der Waals surface area (Å²) >= 11 is 0. The van der Waals surface area contributed by atoms with E-state index in [1.807, 2.05) is 6.92 Å². The first-order valence-electron chi connectivity index (χ1n) is 3.81. The maximum absolute atomic E-state index is 10.6. The molecule has 4 heteroatoms. The van der Waals surface area contributed by atoms with Crippen LogP contribution in [-0.4, -0.2) is 23.2 Å².